The summed E-state index contributed by atoms with van der Waals surface area (Å²) in [6.07, 6.45) is 2.04. The Labute approximate surface area is 138 Å². The molecule has 0 saturated carbocycles. The van der Waals surface area contributed by atoms with Crippen molar-refractivity contribution in [2.45, 2.75) is 16.8 Å². The number of nitrogens with zero attached hydrogens (tertiary/aromatic N) is 1. The number of benzene rings is 2. The van der Waals surface area contributed by atoms with Crippen LogP contribution >= 0.6 is 23.5 Å². The zero-order valence-electron chi connectivity index (χ0n) is 12.2. The van der Waals surface area contributed by atoms with E-state index in [0.717, 1.165) is 11.1 Å². The molecule has 0 radical (unpaired) electrons. The van der Waals surface area contributed by atoms with Gasteiger partial charge in [-0.1, -0.05) is 24.3 Å². The van der Waals surface area contributed by atoms with E-state index in [4.69, 9.17) is 0 Å². The van der Waals surface area contributed by atoms with Crippen LogP contribution < -0.4 is 0 Å². The Hall–Kier alpha value is -1.46. The van der Waals surface area contributed by atoms with Gasteiger partial charge in [-0.15, -0.1) is 23.5 Å². The topological polar surface area (TPSA) is 20.3 Å². The summed E-state index contributed by atoms with van der Waals surface area (Å²) in [7, 11) is 0. The molecule has 0 aliphatic carbocycles. The van der Waals surface area contributed by atoms with Gasteiger partial charge in [-0.25, -0.2) is 4.39 Å². The second kappa shape index (κ2) is 6.75. The van der Waals surface area contributed by atoms with Crippen LogP contribution in [0.4, 0.5) is 4.39 Å². The molecule has 114 valence electrons. The Morgan fingerprint density at radius 3 is 2.73 bits per heavy atom. The van der Waals surface area contributed by atoms with Crippen molar-refractivity contribution in [3.8, 4) is 0 Å². The number of hydrogen-bond donors (Lipinski definition) is 0. The molecular formula is C17H16FNOS2. The third kappa shape index (κ3) is 3.31. The summed E-state index contributed by atoms with van der Waals surface area (Å²) < 4.78 is 13.3. The SMILES string of the molecule is CSc1ccc(C2SCC(=O)N2Cc2cccc(F)c2)cc1. The van der Waals surface area contributed by atoms with Crippen molar-refractivity contribution >= 4 is 29.4 Å². The molecule has 1 amide bonds. The van der Waals surface area contributed by atoms with Gasteiger partial charge in [0.1, 0.15) is 11.2 Å². The van der Waals surface area contributed by atoms with Gasteiger partial charge in [0.15, 0.2) is 0 Å². The normalized spacial score (nSPS) is 18.0. The molecule has 1 fully saturated rings. The minimum absolute atomic E-state index is 0.00618. The first-order valence-corrected chi connectivity index (χ1v) is 9.24. The van der Waals surface area contributed by atoms with Gasteiger partial charge >= 0.3 is 0 Å². The first-order valence-electron chi connectivity index (χ1n) is 6.97. The number of thioether (sulfide) groups is 2. The maximum absolute atomic E-state index is 13.3. The molecule has 2 nitrogen and oxygen atoms in total. The van der Waals surface area contributed by atoms with E-state index in [0.29, 0.717) is 12.3 Å². The van der Waals surface area contributed by atoms with Crippen LogP contribution in [-0.2, 0) is 11.3 Å². The summed E-state index contributed by atoms with van der Waals surface area (Å²) in [5.74, 6) is 0.315. The summed E-state index contributed by atoms with van der Waals surface area (Å²) in [6, 6.07) is 14.7. The van der Waals surface area contributed by atoms with E-state index >= 15 is 0 Å². The fourth-order valence-corrected chi connectivity index (χ4v) is 4.10. The standard InChI is InChI=1S/C17H16FNOS2/c1-21-15-7-5-13(6-8-15)17-19(16(20)11-22-17)10-12-3-2-4-14(18)9-12/h2-9,17H,10-11H2,1H3. The largest absolute Gasteiger partial charge is 0.322 e. The molecule has 1 heterocycles. The molecule has 1 saturated heterocycles. The van der Waals surface area contributed by atoms with Gasteiger partial charge in [0, 0.05) is 11.4 Å². The minimum atomic E-state index is -0.266. The second-order valence-corrected chi connectivity index (χ2v) is 7.04. The lowest BCUT2D eigenvalue weighted by Crippen LogP contribution is -2.27. The van der Waals surface area contributed by atoms with E-state index in [9.17, 15) is 9.18 Å². The van der Waals surface area contributed by atoms with Crippen LogP contribution in [0.15, 0.2) is 53.4 Å². The predicted octanol–water partition coefficient (Wildman–Crippen LogP) is 4.32. The number of amides is 1. The summed E-state index contributed by atoms with van der Waals surface area (Å²) in [5, 5.41) is 0.00618. The lowest BCUT2D eigenvalue weighted by molar-refractivity contribution is -0.128. The van der Waals surface area contributed by atoms with Crippen molar-refractivity contribution in [1.29, 1.82) is 0 Å². The van der Waals surface area contributed by atoms with E-state index in [1.165, 1.54) is 17.0 Å². The number of carbonyl (C=O) groups is 1. The molecule has 2 aromatic rings. The van der Waals surface area contributed by atoms with Gasteiger partial charge in [-0.2, -0.15) is 0 Å². The molecular weight excluding hydrogens is 317 g/mol. The fourth-order valence-electron chi connectivity index (χ4n) is 2.50. The molecule has 22 heavy (non-hydrogen) atoms. The lowest BCUT2D eigenvalue weighted by atomic mass is 10.1. The second-order valence-electron chi connectivity index (χ2n) is 5.09. The fraction of sp³-hybridized carbons (Fsp3) is 0.235. The minimum Gasteiger partial charge on any atom is -0.322 e. The van der Waals surface area contributed by atoms with E-state index in [1.807, 2.05) is 17.2 Å². The monoisotopic (exact) mass is 333 g/mol. The first-order chi connectivity index (χ1) is 10.7. The van der Waals surface area contributed by atoms with Gasteiger partial charge in [0.25, 0.3) is 0 Å². The van der Waals surface area contributed by atoms with Gasteiger partial charge in [0.05, 0.1) is 5.75 Å². The summed E-state index contributed by atoms with van der Waals surface area (Å²) >= 11 is 3.32. The van der Waals surface area contributed by atoms with Gasteiger partial charge in [0.2, 0.25) is 5.91 Å². The van der Waals surface area contributed by atoms with E-state index in [-0.39, 0.29) is 17.1 Å². The molecule has 1 atom stereocenters. The van der Waals surface area contributed by atoms with Crippen LogP contribution in [0.5, 0.6) is 0 Å². The Bertz CT molecular complexity index is 675. The molecule has 2 aromatic carbocycles. The molecule has 1 unspecified atom stereocenters. The number of hydrogen-bond acceptors (Lipinski definition) is 3. The summed E-state index contributed by atoms with van der Waals surface area (Å²) in [5.41, 5.74) is 1.94. The Balaban J connectivity index is 1.82. The van der Waals surface area contributed by atoms with Crippen LogP contribution in [0.25, 0.3) is 0 Å². The Morgan fingerprint density at radius 1 is 1.27 bits per heavy atom. The molecule has 0 bridgehead atoms. The van der Waals surface area contributed by atoms with Crippen LogP contribution in [0.3, 0.4) is 0 Å². The molecule has 1 aliphatic heterocycles. The van der Waals surface area contributed by atoms with Crippen LogP contribution in [-0.4, -0.2) is 22.8 Å². The average molecular weight is 333 g/mol. The predicted molar refractivity (Wildman–Crippen MR) is 90.4 cm³/mol. The number of rotatable bonds is 4. The highest BCUT2D eigenvalue weighted by Crippen LogP contribution is 2.39. The molecule has 3 rings (SSSR count). The highest BCUT2D eigenvalue weighted by Gasteiger charge is 2.32. The molecule has 1 aliphatic rings. The van der Waals surface area contributed by atoms with Crippen molar-refractivity contribution < 1.29 is 9.18 Å². The molecule has 0 spiro atoms. The number of carbonyl (C=O) groups excluding carboxylic acids is 1. The van der Waals surface area contributed by atoms with Gasteiger partial charge in [-0.05, 0) is 41.6 Å². The maximum atomic E-state index is 13.3. The Morgan fingerprint density at radius 2 is 2.05 bits per heavy atom. The molecule has 0 N–H and O–H groups in total. The smallest absolute Gasteiger partial charge is 0.234 e. The van der Waals surface area contributed by atoms with E-state index < -0.39 is 0 Å². The summed E-state index contributed by atoms with van der Waals surface area (Å²) in [4.78, 5) is 15.2. The van der Waals surface area contributed by atoms with Crippen LogP contribution in [0.2, 0.25) is 0 Å². The average Bonchev–Trinajstić information content (AvgIpc) is 2.89. The zero-order valence-corrected chi connectivity index (χ0v) is 13.8. The summed E-state index contributed by atoms with van der Waals surface area (Å²) in [6.45, 7) is 0.443. The molecule has 5 heteroatoms. The highest BCUT2D eigenvalue weighted by atomic mass is 32.2. The Kier molecular flexibility index (Phi) is 4.74. The van der Waals surface area contributed by atoms with E-state index in [1.54, 1.807) is 29.6 Å². The van der Waals surface area contributed by atoms with E-state index in [2.05, 4.69) is 24.3 Å². The van der Waals surface area contributed by atoms with Crippen LogP contribution in [0.1, 0.15) is 16.5 Å². The van der Waals surface area contributed by atoms with Gasteiger partial charge in [-0.3, -0.25) is 4.79 Å². The third-order valence-corrected chi connectivity index (χ3v) is 5.61. The van der Waals surface area contributed by atoms with Gasteiger partial charge < -0.3 is 4.90 Å². The third-order valence-electron chi connectivity index (χ3n) is 3.61. The van der Waals surface area contributed by atoms with Crippen molar-refractivity contribution in [3.63, 3.8) is 0 Å². The quantitative estimate of drug-likeness (QED) is 0.777. The van der Waals surface area contributed by atoms with Crippen molar-refractivity contribution in [2.24, 2.45) is 0 Å². The maximum Gasteiger partial charge on any atom is 0.234 e. The van der Waals surface area contributed by atoms with Crippen LogP contribution in [0, 0.1) is 5.82 Å². The zero-order chi connectivity index (χ0) is 15.5. The molecule has 0 aromatic heterocycles. The van der Waals surface area contributed by atoms with Crippen molar-refractivity contribution in [1.82, 2.24) is 4.90 Å². The highest BCUT2D eigenvalue weighted by molar-refractivity contribution is 8.00. The van der Waals surface area contributed by atoms with Crippen molar-refractivity contribution in [3.05, 3.63) is 65.5 Å². The van der Waals surface area contributed by atoms with Crippen molar-refractivity contribution in [2.75, 3.05) is 12.0 Å². The first kappa shape index (κ1) is 15.4. The number of halogens is 1. The lowest BCUT2D eigenvalue weighted by Gasteiger charge is -2.24.